The molecule has 1 unspecified atom stereocenters. The van der Waals surface area contributed by atoms with Gasteiger partial charge in [-0.05, 0) is 51.8 Å². The molecular weight excluding hydrogens is 359 g/mol. The Morgan fingerprint density at radius 3 is 2.36 bits per heavy atom. The molecule has 0 bridgehead atoms. The molecule has 1 atom stereocenters. The molecule has 6 heteroatoms. The van der Waals surface area contributed by atoms with Gasteiger partial charge in [0.05, 0.1) is 4.47 Å². The number of rotatable bonds is 2. The number of halogens is 4. The summed E-state index contributed by atoms with van der Waals surface area (Å²) in [6, 6.07) is 7.66. The number of carbonyl (C=O) groups excluding carboxylic acids is 1. The zero-order valence-corrected chi connectivity index (χ0v) is 12.9. The molecule has 1 fully saturated rings. The van der Waals surface area contributed by atoms with E-state index in [0.717, 1.165) is 6.07 Å². The standard InChI is InChI=1S/C16H11BrF3NO/c17-14-2-1-13(7-15(14)20)21-8-10(5-16(21)22)9-3-11(18)6-12(19)4-9/h1-4,6-7,10H,5,8H2. The average molecular weight is 370 g/mol. The van der Waals surface area contributed by atoms with Crippen LogP contribution in [0, 0.1) is 17.5 Å². The van der Waals surface area contributed by atoms with E-state index in [-0.39, 0.29) is 24.8 Å². The van der Waals surface area contributed by atoms with Crippen molar-refractivity contribution in [3.05, 3.63) is 63.9 Å². The predicted octanol–water partition coefficient (Wildman–Crippen LogP) is 4.39. The molecule has 114 valence electrons. The third-order valence-corrected chi connectivity index (χ3v) is 4.34. The summed E-state index contributed by atoms with van der Waals surface area (Å²) in [5.41, 5.74) is 0.871. The molecule has 2 aromatic carbocycles. The summed E-state index contributed by atoms with van der Waals surface area (Å²) >= 11 is 3.06. The summed E-state index contributed by atoms with van der Waals surface area (Å²) in [4.78, 5) is 13.6. The Kier molecular flexibility index (Phi) is 3.95. The molecule has 3 rings (SSSR count). The highest BCUT2D eigenvalue weighted by Gasteiger charge is 2.32. The van der Waals surface area contributed by atoms with Gasteiger partial charge < -0.3 is 4.90 Å². The van der Waals surface area contributed by atoms with Crippen LogP contribution in [0.15, 0.2) is 40.9 Å². The van der Waals surface area contributed by atoms with E-state index in [1.807, 2.05) is 0 Å². The normalized spacial score (nSPS) is 18.1. The lowest BCUT2D eigenvalue weighted by Crippen LogP contribution is -2.24. The van der Waals surface area contributed by atoms with E-state index in [4.69, 9.17) is 0 Å². The van der Waals surface area contributed by atoms with Crippen LogP contribution in [-0.4, -0.2) is 12.5 Å². The van der Waals surface area contributed by atoms with Gasteiger partial charge in [-0.25, -0.2) is 13.2 Å². The topological polar surface area (TPSA) is 20.3 Å². The van der Waals surface area contributed by atoms with Crippen molar-refractivity contribution in [3.8, 4) is 0 Å². The Balaban J connectivity index is 1.88. The fourth-order valence-electron chi connectivity index (χ4n) is 2.64. The lowest BCUT2D eigenvalue weighted by molar-refractivity contribution is -0.117. The molecule has 0 N–H and O–H groups in total. The zero-order valence-electron chi connectivity index (χ0n) is 11.3. The van der Waals surface area contributed by atoms with Crippen LogP contribution in [0.4, 0.5) is 18.9 Å². The van der Waals surface area contributed by atoms with Crippen LogP contribution in [0.3, 0.4) is 0 Å². The van der Waals surface area contributed by atoms with E-state index in [1.54, 1.807) is 6.07 Å². The molecule has 0 spiro atoms. The minimum absolute atomic E-state index is 0.139. The summed E-state index contributed by atoms with van der Waals surface area (Å²) in [5, 5.41) is 0. The number of nitrogens with zero attached hydrogens (tertiary/aromatic N) is 1. The minimum Gasteiger partial charge on any atom is -0.312 e. The maximum atomic E-state index is 13.6. The smallest absolute Gasteiger partial charge is 0.227 e. The first kappa shape index (κ1) is 15.1. The fraction of sp³-hybridized carbons (Fsp3) is 0.188. The summed E-state index contributed by atoms with van der Waals surface area (Å²) in [6.07, 6.45) is 0.139. The molecule has 0 aliphatic carbocycles. The van der Waals surface area contributed by atoms with Crippen LogP contribution in [0.2, 0.25) is 0 Å². The number of carbonyl (C=O) groups is 1. The van der Waals surface area contributed by atoms with Crippen molar-refractivity contribution in [1.29, 1.82) is 0 Å². The Morgan fingerprint density at radius 2 is 1.73 bits per heavy atom. The first-order chi connectivity index (χ1) is 10.4. The van der Waals surface area contributed by atoms with Gasteiger partial charge in [-0.3, -0.25) is 4.79 Å². The van der Waals surface area contributed by atoms with Crippen molar-refractivity contribution in [3.63, 3.8) is 0 Å². The van der Waals surface area contributed by atoms with Crippen LogP contribution in [-0.2, 0) is 4.79 Å². The number of hydrogen-bond acceptors (Lipinski definition) is 1. The van der Waals surface area contributed by atoms with Crippen molar-refractivity contribution in [2.75, 3.05) is 11.4 Å². The van der Waals surface area contributed by atoms with Gasteiger partial charge in [0.15, 0.2) is 0 Å². The van der Waals surface area contributed by atoms with E-state index >= 15 is 0 Å². The fourth-order valence-corrected chi connectivity index (χ4v) is 2.89. The summed E-state index contributed by atoms with van der Waals surface area (Å²) in [6.45, 7) is 0.267. The molecule has 0 radical (unpaired) electrons. The Labute approximate surface area is 133 Å². The quantitative estimate of drug-likeness (QED) is 0.768. The van der Waals surface area contributed by atoms with Crippen LogP contribution in [0.1, 0.15) is 17.9 Å². The number of amides is 1. The van der Waals surface area contributed by atoms with E-state index in [1.165, 1.54) is 29.2 Å². The van der Waals surface area contributed by atoms with Crippen molar-refractivity contribution in [2.24, 2.45) is 0 Å². The SMILES string of the molecule is O=C1CC(c2cc(F)cc(F)c2)CN1c1ccc(Br)c(F)c1. The lowest BCUT2D eigenvalue weighted by Gasteiger charge is -2.17. The first-order valence-electron chi connectivity index (χ1n) is 6.65. The van der Waals surface area contributed by atoms with Gasteiger partial charge in [0.1, 0.15) is 17.5 Å². The lowest BCUT2D eigenvalue weighted by atomic mass is 9.98. The highest BCUT2D eigenvalue weighted by molar-refractivity contribution is 9.10. The third-order valence-electron chi connectivity index (χ3n) is 3.70. The molecule has 2 aromatic rings. The summed E-state index contributed by atoms with van der Waals surface area (Å²) < 4.78 is 40.5. The van der Waals surface area contributed by atoms with Crippen LogP contribution >= 0.6 is 15.9 Å². The van der Waals surface area contributed by atoms with E-state index < -0.39 is 17.5 Å². The largest absolute Gasteiger partial charge is 0.312 e. The number of hydrogen-bond donors (Lipinski definition) is 0. The number of anilines is 1. The Bertz CT molecular complexity index is 730. The van der Waals surface area contributed by atoms with Crippen LogP contribution < -0.4 is 4.90 Å². The Hall–Kier alpha value is -1.82. The van der Waals surface area contributed by atoms with E-state index in [0.29, 0.717) is 15.7 Å². The predicted molar refractivity (Wildman–Crippen MR) is 80.2 cm³/mol. The molecule has 0 saturated carbocycles. The molecule has 0 aromatic heterocycles. The molecule has 2 nitrogen and oxygen atoms in total. The van der Waals surface area contributed by atoms with Crippen LogP contribution in [0.5, 0.6) is 0 Å². The average Bonchev–Trinajstić information content (AvgIpc) is 2.83. The summed E-state index contributed by atoms with van der Waals surface area (Å²) in [7, 11) is 0. The Morgan fingerprint density at radius 1 is 1.05 bits per heavy atom. The second-order valence-electron chi connectivity index (χ2n) is 5.21. The highest BCUT2D eigenvalue weighted by Crippen LogP contribution is 2.33. The summed E-state index contributed by atoms with van der Waals surface area (Å²) in [5.74, 6) is -2.32. The monoisotopic (exact) mass is 369 g/mol. The second kappa shape index (κ2) is 5.76. The van der Waals surface area contributed by atoms with E-state index in [2.05, 4.69) is 15.9 Å². The van der Waals surface area contributed by atoms with Gasteiger partial charge in [0.2, 0.25) is 5.91 Å². The molecule has 1 aliphatic rings. The van der Waals surface area contributed by atoms with Crippen molar-refractivity contribution >= 4 is 27.5 Å². The molecular formula is C16H11BrF3NO. The molecule has 22 heavy (non-hydrogen) atoms. The minimum atomic E-state index is -0.671. The van der Waals surface area contributed by atoms with Gasteiger partial charge in [0, 0.05) is 30.6 Å². The first-order valence-corrected chi connectivity index (χ1v) is 7.45. The van der Waals surface area contributed by atoms with Gasteiger partial charge in [-0.2, -0.15) is 0 Å². The van der Waals surface area contributed by atoms with Gasteiger partial charge >= 0.3 is 0 Å². The maximum Gasteiger partial charge on any atom is 0.227 e. The van der Waals surface area contributed by atoms with Crippen molar-refractivity contribution in [2.45, 2.75) is 12.3 Å². The van der Waals surface area contributed by atoms with Crippen LogP contribution in [0.25, 0.3) is 0 Å². The van der Waals surface area contributed by atoms with Gasteiger partial charge in [-0.1, -0.05) is 0 Å². The van der Waals surface area contributed by atoms with Crippen molar-refractivity contribution < 1.29 is 18.0 Å². The molecule has 1 amide bonds. The number of benzene rings is 2. The molecule has 1 heterocycles. The van der Waals surface area contributed by atoms with E-state index in [9.17, 15) is 18.0 Å². The molecule has 1 aliphatic heterocycles. The second-order valence-corrected chi connectivity index (χ2v) is 6.06. The third kappa shape index (κ3) is 2.88. The highest BCUT2D eigenvalue weighted by atomic mass is 79.9. The molecule has 1 saturated heterocycles. The van der Waals surface area contributed by atoms with Gasteiger partial charge in [-0.15, -0.1) is 0 Å². The van der Waals surface area contributed by atoms with Crippen molar-refractivity contribution in [1.82, 2.24) is 0 Å². The van der Waals surface area contributed by atoms with Gasteiger partial charge in [0.25, 0.3) is 0 Å². The maximum absolute atomic E-state index is 13.6. The zero-order chi connectivity index (χ0) is 15.9.